The van der Waals surface area contributed by atoms with Gasteiger partial charge in [0.05, 0.1) is 6.54 Å². The molecule has 1 aliphatic rings. The molecule has 1 N–H and O–H groups in total. The number of hydrogen-bond acceptors (Lipinski definition) is 1. The van der Waals surface area contributed by atoms with Crippen LogP contribution >= 0.6 is 0 Å². The predicted molar refractivity (Wildman–Crippen MR) is 95.0 cm³/mol. The molecule has 0 spiro atoms. The molecular weight excluding hydrogens is 298 g/mol. The average Bonchev–Trinajstić information content (AvgIpc) is 3.27. The molecule has 1 amide bonds. The smallest absolute Gasteiger partial charge is 0.270 e. The number of hydrogen-bond donors (Lipinski definition) is 1. The van der Waals surface area contributed by atoms with Gasteiger partial charge in [0, 0.05) is 35.9 Å². The van der Waals surface area contributed by atoms with E-state index in [1.807, 2.05) is 29.2 Å². The number of fused-ring (bicyclic) bond motifs is 4. The lowest BCUT2D eigenvalue weighted by atomic mass is 10.1. The third-order valence-electron chi connectivity index (χ3n) is 4.93. The van der Waals surface area contributed by atoms with Gasteiger partial charge in [-0.25, -0.2) is 0 Å². The second-order valence-corrected chi connectivity index (χ2v) is 6.35. The molecule has 4 heteroatoms. The molecule has 24 heavy (non-hydrogen) atoms. The highest BCUT2D eigenvalue weighted by Crippen LogP contribution is 2.27. The fraction of sp³-hybridized carbons (Fsp3) is 0.150. The zero-order chi connectivity index (χ0) is 16.1. The number of aromatic amines is 1. The van der Waals surface area contributed by atoms with E-state index in [9.17, 15) is 4.79 Å². The minimum atomic E-state index is 0.0720. The quantitative estimate of drug-likeness (QED) is 0.570. The summed E-state index contributed by atoms with van der Waals surface area (Å²) in [5.74, 6) is 0.0720. The molecule has 118 valence electrons. The first-order valence-corrected chi connectivity index (χ1v) is 8.23. The summed E-state index contributed by atoms with van der Waals surface area (Å²) in [7, 11) is 0. The lowest BCUT2D eigenvalue weighted by Gasteiger charge is -2.28. The summed E-state index contributed by atoms with van der Waals surface area (Å²) in [4.78, 5) is 18.1. The highest BCUT2D eigenvalue weighted by Gasteiger charge is 2.22. The fourth-order valence-corrected chi connectivity index (χ4v) is 3.66. The van der Waals surface area contributed by atoms with Crippen molar-refractivity contribution in [3.05, 3.63) is 72.2 Å². The molecule has 0 aliphatic carbocycles. The zero-order valence-corrected chi connectivity index (χ0v) is 13.2. The van der Waals surface area contributed by atoms with Crippen LogP contribution < -0.4 is 0 Å². The minimum Gasteiger partial charge on any atom is -0.351 e. The third-order valence-corrected chi connectivity index (χ3v) is 4.93. The Balaban J connectivity index is 1.55. The molecule has 0 saturated carbocycles. The molecule has 4 nitrogen and oxygen atoms in total. The van der Waals surface area contributed by atoms with Gasteiger partial charge in [0.15, 0.2) is 0 Å². The Labute approximate surface area is 139 Å². The monoisotopic (exact) mass is 315 g/mol. The van der Waals surface area contributed by atoms with Gasteiger partial charge in [0.1, 0.15) is 5.69 Å². The molecule has 0 unspecified atom stereocenters. The number of nitrogens with one attached hydrogen (secondary N) is 1. The summed E-state index contributed by atoms with van der Waals surface area (Å²) in [6, 6.07) is 18.5. The second kappa shape index (κ2) is 4.99. The highest BCUT2D eigenvalue weighted by molar-refractivity contribution is 6.09. The number of nitrogens with zero attached hydrogens (tertiary/aromatic N) is 2. The molecule has 5 rings (SSSR count). The van der Waals surface area contributed by atoms with Gasteiger partial charge in [0.25, 0.3) is 5.91 Å². The normalized spacial score (nSPS) is 14.2. The van der Waals surface area contributed by atoms with Crippen molar-refractivity contribution >= 4 is 27.6 Å². The van der Waals surface area contributed by atoms with Crippen LogP contribution in [0.25, 0.3) is 21.7 Å². The van der Waals surface area contributed by atoms with Crippen LogP contribution in [0.15, 0.2) is 60.8 Å². The number of carbonyl (C=O) groups excluding carboxylic acids is 1. The van der Waals surface area contributed by atoms with E-state index in [0.29, 0.717) is 12.2 Å². The third kappa shape index (κ3) is 1.96. The molecule has 3 heterocycles. The molecule has 0 fully saturated rings. The molecule has 1 aliphatic heterocycles. The van der Waals surface area contributed by atoms with E-state index in [4.69, 9.17) is 0 Å². The van der Waals surface area contributed by atoms with Crippen molar-refractivity contribution in [3.63, 3.8) is 0 Å². The van der Waals surface area contributed by atoms with Crippen LogP contribution in [0.2, 0.25) is 0 Å². The maximum absolute atomic E-state index is 12.9. The first-order valence-electron chi connectivity index (χ1n) is 8.23. The van der Waals surface area contributed by atoms with Gasteiger partial charge in [0.2, 0.25) is 0 Å². The fourth-order valence-electron chi connectivity index (χ4n) is 3.66. The van der Waals surface area contributed by atoms with Crippen LogP contribution in [-0.4, -0.2) is 26.9 Å². The lowest BCUT2D eigenvalue weighted by Crippen LogP contribution is -2.38. The van der Waals surface area contributed by atoms with Crippen molar-refractivity contribution in [3.8, 4) is 0 Å². The Bertz CT molecular complexity index is 1070. The van der Waals surface area contributed by atoms with Crippen molar-refractivity contribution < 1.29 is 4.79 Å². The molecule has 0 saturated heterocycles. The van der Waals surface area contributed by atoms with Crippen LogP contribution in [0.5, 0.6) is 0 Å². The van der Waals surface area contributed by atoms with Crippen LogP contribution in [0.4, 0.5) is 0 Å². The summed E-state index contributed by atoms with van der Waals surface area (Å²) in [6.45, 7) is 2.27. The topological polar surface area (TPSA) is 41.0 Å². The summed E-state index contributed by atoms with van der Waals surface area (Å²) in [6.07, 6.45) is 2.08. The predicted octanol–water partition coefficient (Wildman–Crippen LogP) is 3.78. The van der Waals surface area contributed by atoms with E-state index < -0.39 is 0 Å². The molecule has 0 radical (unpaired) electrons. The number of H-pyrrole nitrogens is 1. The van der Waals surface area contributed by atoms with Crippen molar-refractivity contribution in [2.75, 3.05) is 6.54 Å². The van der Waals surface area contributed by atoms with Crippen LogP contribution in [-0.2, 0) is 13.1 Å². The Morgan fingerprint density at radius 2 is 1.88 bits per heavy atom. The minimum absolute atomic E-state index is 0.0720. The van der Waals surface area contributed by atoms with Crippen molar-refractivity contribution in [1.82, 2.24) is 14.5 Å². The largest absolute Gasteiger partial charge is 0.351 e. The summed E-state index contributed by atoms with van der Waals surface area (Å²) in [5, 5.41) is 3.48. The van der Waals surface area contributed by atoms with E-state index in [1.54, 1.807) is 0 Å². The zero-order valence-electron chi connectivity index (χ0n) is 13.2. The van der Waals surface area contributed by atoms with Gasteiger partial charge < -0.3 is 14.5 Å². The first-order chi connectivity index (χ1) is 11.8. The average molecular weight is 315 g/mol. The van der Waals surface area contributed by atoms with E-state index in [0.717, 1.165) is 24.0 Å². The lowest BCUT2D eigenvalue weighted by molar-refractivity contribution is 0.0706. The van der Waals surface area contributed by atoms with Gasteiger partial charge in [-0.05, 0) is 35.0 Å². The SMILES string of the molecule is O=C(c1cc2c(ccc3ccccc32)[nH]1)N1CCn2cccc2C1. The van der Waals surface area contributed by atoms with Crippen molar-refractivity contribution in [2.24, 2.45) is 0 Å². The summed E-state index contributed by atoms with van der Waals surface area (Å²) in [5.41, 5.74) is 2.87. The summed E-state index contributed by atoms with van der Waals surface area (Å²) >= 11 is 0. The Morgan fingerprint density at radius 1 is 0.958 bits per heavy atom. The van der Waals surface area contributed by atoms with Crippen LogP contribution in [0.3, 0.4) is 0 Å². The van der Waals surface area contributed by atoms with Crippen LogP contribution in [0.1, 0.15) is 16.2 Å². The van der Waals surface area contributed by atoms with E-state index in [-0.39, 0.29) is 5.91 Å². The summed E-state index contributed by atoms with van der Waals surface area (Å²) < 4.78 is 2.21. The number of carbonyl (C=O) groups is 1. The number of aromatic nitrogens is 2. The van der Waals surface area contributed by atoms with E-state index >= 15 is 0 Å². The van der Waals surface area contributed by atoms with Crippen molar-refractivity contribution in [1.29, 1.82) is 0 Å². The van der Waals surface area contributed by atoms with Crippen molar-refractivity contribution in [2.45, 2.75) is 13.1 Å². The molecule has 2 aromatic carbocycles. The standard InChI is InChI=1S/C20H17N3O/c24-20(23-11-10-22-9-3-5-15(22)13-23)19-12-17-16-6-2-1-4-14(16)7-8-18(17)21-19/h1-9,12,21H,10-11,13H2. The molecule has 4 aromatic rings. The Morgan fingerprint density at radius 3 is 2.83 bits per heavy atom. The molecule has 2 aromatic heterocycles. The van der Waals surface area contributed by atoms with E-state index in [1.165, 1.54) is 16.5 Å². The van der Waals surface area contributed by atoms with Gasteiger partial charge in [-0.3, -0.25) is 4.79 Å². The number of benzene rings is 2. The van der Waals surface area contributed by atoms with Crippen LogP contribution in [0, 0.1) is 0 Å². The Hall–Kier alpha value is -3.01. The van der Waals surface area contributed by atoms with Gasteiger partial charge in [-0.2, -0.15) is 0 Å². The molecule has 0 atom stereocenters. The maximum atomic E-state index is 12.9. The van der Waals surface area contributed by atoms with E-state index in [2.05, 4.69) is 46.1 Å². The highest BCUT2D eigenvalue weighted by atomic mass is 16.2. The van der Waals surface area contributed by atoms with Gasteiger partial charge >= 0.3 is 0 Å². The molecular formula is C20H17N3O. The van der Waals surface area contributed by atoms with Gasteiger partial charge in [-0.15, -0.1) is 0 Å². The maximum Gasteiger partial charge on any atom is 0.270 e. The second-order valence-electron chi connectivity index (χ2n) is 6.35. The van der Waals surface area contributed by atoms with Gasteiger partial charge in [-0.1, -0.05) is 30.3 Å². The Kier molecular flexibility index (Phi) is 2.80. The first kappa shape index (κ1) is 13.4. The molecule has 0 bridgehead atoms. The number of amides is 1. The number of rotatable bonds is 1.